The Morgan fingerprint density at radius 2 is 2.00 bits per heavy atom. The number of para-hydroxylation sites is 1. The molecule has 2 heterocycles. The number of hydrogen-bond acceptors (Lipinski definition) is 6. The number of benzene rings is 1. The van der Waals surface area contributed by atoms with Crippen LogP contribution in [0.5, 0.6) is 0 Å². The third-order valence-electron chi connectivity index (χ3n) is 3.98. The summed E-state index contributed by atoms with van der Waals surface area (Å²) in [6.45, 7) is 1.35. The van der Waals surface area contributed by atoms with Gasteiger partial charge >= 0.3 is 0 Å². The van der Waals surface area contributed by atoms with Crippen LogP contribution in [0.15, 0.2) is 58.5 Å². The van der Waals surface area contributed by atoms with Crippen LogP contribution >= 0.6 is 11.3 Å². The fraction of sp³-hybridized carbons (Fsp3) is 0.143. The fourth-order valence-electron chi connectivity index (χ4n) is 2.54. The molecule has 0 radical (unpaired) electrons. The third-order valence-corrected chi connectivity index (χ3v) is 4.82. The topological polar surface area (TPSA) is 105 Å². The second-order valence-electron chi connectivity index (χ2n) is 6.27. The zero-order valence-corrected chi connectivity index (χ0v) is 17.3. The van der Waals surface area contributed by atoms with Gasteiger partial charge < -0.3 is 15.1 Å². The van der Waals surface area contributed by atoms with Crippen LogP contribution in [0.25, 0.3) is 6.08 Å². The molecule has 0 fully saturated rings. The highest BCUT2D eigenvalue weighted by Crippen LogP contribution is 2.30. The molecule has 160 valence electrons. The molecule has 3 aromatic rings. The van der Waals surface area contributed by atoms with E-state index in [1.807, 2.05) is 0 Å². The lowest BCUT2D eigenvalue weighted by Crippen LogP contribution is -2.35. The lowest BCUT2D eigenvalue weighted by Gasteiger charge is -2.18. The third kappa shape index (κ3) is 6.09. The smallest absolute Gasteiger partial charge is 0.244 e. The van der Waals surface area contributed by atoms with Gasteiger partial charge in [0.1, 0.15) is 11.6 Å². The van der Waals surface area contributed by atoms with Crippen LogP contribution in [0.4, 0.5) is 15.2 Å². The maximum atomic E-state index is 14.1. The number of aromatic nitrogens is 1. The minimum Gasteiger partial charge on any atom is -0.467 e. The van der Waals surface area contributed by atoms with Gasteiger partial charge in [-0.05, 0) is 30.3 Å². The summed E-state index contributed by atoms with van der Waals surface area (Å²) in [5.74, 6) is -1.19. The average molecular weight is 442 g/mol. The van der Waals surface area contributed by atoms with Gasteiger partial charge in [0.2, 0.25) is 17.7 Å². The van der Waals surface area contributed by atoms with Gasteiger partial charge in [0, 0.05) is 18.4 Å². The molecule has 0 bridgehead atoms. The number of rotatable bonds is 8. The van der Waals surface area contributed by atoms with E-state index in [0.29, 0.717) is 11.5 Å². The standard InChI is InChI=1S/C21H19FN4O4S/c1-14(27)26(18-7-3-2-6-17(18)22)21-25-15(13-31-21)8-9-19(28)24-12-20(29)23-11-16-5-4-10-30-16/h2-10,13H,11-12H2,1H3,(H,23,29)(H,24,28)/b9-8+. The fourth-order valence-corrected chi connectivity index (χ4v) is 3.39. The van der Waals surface area contributed by atoms with Gasteiger partial charge in [-0.15, -0.1) is 11.3 Å². The Bertz CT molecular complexity index is 1090. The number of carbonyl (C=O) groups excluding carboxylic acids is 3. The van der Waals surface area contributed by atoms with E-state index in [-0.39, 0.29) is 29.8 Å². The largest absolute Gasteiger partial charge is 0.467 e. The second-order valence-corrected chi connectivity index (χ2v) is 7.10. The second kappa shape index (κ2) is 10.3. The predicted molar refractivity (Wildman–Crippen MR) is 114 cm³/mol. The van der Waals surface area contributed by atoms with Crippen LogP contribution in [0, 0.1) is 5.82 Å². The summed E-state index contributed by atoms with van der Waals surface area (Å²) in [5, 5.41) is 6.97. The Morgan fingerprint density at radius 3 is 2.71 bits per heavy atom. The minimum absolute atomic E-state index is 0.0955. The van der Waals surface area contributed by atoms with Crippen molar-refractivity contribution in [3.63, 3.8) is 0 Å². The number of nitrogens with one attached hydrogen (secondary N) is 2. The van der Waals surface area contributed by atoms with Gasteiger partial charge in [-0.1, -0.05) is 12.1 Å². The summed E-state index contributed by atoms with van der Waals surface area (Å²) in [6.07, 6.45) is 4.17. The Kier molecular flexibility index (Phi) is 7.28. The van der Waals surface area contributed by atoms with Crippen molar-refractivity contribution in [3.05, 3.63) is 71.4 Å². The normalized spacial score (nSPS) is 10.8. The SMILES string of the molecule is CC(=O)N(c1nc(/C=C/C(=O)NCC(=O)NCc2ccco2)cs1)c1ccccc1F. The molecule has 8 nitrogen and oxygen atoms in total. The zero-order valence-electron chi connectivity index (χ0n) is 16.5. The molecule has 0 atom stereocenters. The maximum Gasteiger partial charge on any atom is 0.244 e. The summed E-state index contributed by atoms with van der Waals surface area (Å²) in [4.78, 5) is 41.2. The van der Waals surface area contributed by atoms with Gasteiger partial charge in [-0.3, -0.25) is 19.3 Å². The van der Waals surface area contributed by atoms with Gasteiger partial charge in [-0.25, -0.2) is 9.37 Å². The van der Waals surface area contributed by atoms with E-state index in [1.165, 1.54) is 48.4 Å². The number of halogens is 1. The predicted octanol–water partition coefficient (Wildman–Crippen LogP) is 3.01. The first-order chi connectivity index (χ1) is 14.9. The Hall–Kier alpha value is -3.79. The molecular formula is C21H19FN4O4S. The van der Waals surface area contributed by atoms with Crippen molar-refractivity contribution in [2.45, 2.75) is 13.5 Å². The number of amides is 3. The van der Waals surface area contributed by atoms with Crippen LogP contribution in [-0.2, 0) is 20.9 Å². The van der Waals surface area contributed by atoms with Crippen LogP contribution in [0.1, 0.15) is 18.4 Å². The molecule has 0 aliphatic carbocycles. The minimum atomic E-state index is -0.547. The van der Waals surface area contributed by atoms with Gasteiger partial charge in [-0.2, -0.15) is 0 Å². The molecule has 0 aliphatic heterocycles. The summed E-state index contributed by atoms with van der Waals surface area (Å²) in [7, 11) is 0. The molecule has 3 rings (SSSR count). The van der Waals surface area contributed by atoms with Crippen molar-refractivity contribution in [1.29, 1.82) is 0 Å². The summed E-state index contributed by atoms with van der Waals surface area (Å²) in [6, 6.07) is 9.33. The van der Waals surface area contributed by atoms with Crippen molar-refractivity contribution in [2.24, 2.45) is 0 Å². The molecule has 0 spiro atoms. The zero-order chi connectivity index (χ0) is 22.2. The van der Waals surface area contributed by atoms with Gasteiger partial charge in [0.05, 0.1) is 30.7 Å². The van der Waals surface area contributed by atoms with Crippen molar-refractivity contribution in [2.75, 3.05) is 11.4 Å². The van der Waals surface area contributed by atoms with E-state index in [2.05, 4.69) is 15.6 Å². The first-order valence-corrected chi connectivity index (χ1v) is 10.1. The first-order valence-electron chi connectivity index (χ1n) is 9.20. The van der Waals surface area contributed by atoms with E-state index >= 15 is 0 Å². The molecule has 31 heavy (non-hydrogen) atoms. The van der Waals surface area contributed by atoms with E-state index in [9.17, 15) is 18.8 Å². The quantitative estimate of drug-likeness (QED) is 0.522. The number of furan rings is 1. The summed E-state index contributed by atoms with van der Waals surface area (Å²) < 4.78 is 19.2. The molecule has 0 saturated heterocycles. The highest BCUT2D eigenvalue weighted by atomic mass is 32.1. The van der Waals surface area contributed by atoms with E-state index in [1.54, 1.807) is 23.6 Å². The molecule has 2 aromatic heterocycles. The van der Waals surface area contributed by atoms with Gasteiger partial charge in [0.25, 0.3) is 0 Å². The van der Waals surface area contributed by atoms with Crippen molar-refractivity contribution in [1.82, 2.24) is 15.6 Å². The Morgan fingerprint density at radius 1 is 1.19 bits per heavy atom. The number of carbonyl (C=O) groups is 3. The molecule has 2 N–H and O–H groups in total. The van der Waals surface area contributed by atoms with Crippen molar-refractivity contribution < 1.29 is 23.2 Å². The van der Waals surface area contributed by atoms with E-state index in [0.717, 1.165) is 11.3 Å². The molecule has 0 unspecified atom stereocenters. The molecule has 0 saturated carbocycles. The van der Waals surface area contributed by atoms with Crippen LogP contribution < -0.4 is 15.5 Å². The lowest BCUT2D eigenvalue weighted by molar-refractivity contribution is -0.124. The van der Waals surface area contributed by atoms with Gasteiger partial charge in [0.15, 0.2) is 5.13 Å². The average Bonchev–Trinajstić information content (AvgIpc) is 3.43. The summed E-state index contributed by atoms with van der Waals surface area (Å²) >= 11 is 1.14. The maximum absolute atomic E-state index is 14.1. The lowest BCUT2D eigenvalue weighted by atomic mass is 10.3. The van der Waals surface area contributed by atoms with Crippen molar-refractivity contribution in [3.8, 4) is 0 Å². The number of hydrogen-bond donors (Lipinski definition) is 2. The number of thiazole rings is 1. The molecular weight excluding hydrogens is 423 g/mol. The first kappa shape index (κ1) is 21.9. The Balaban J connectivity index is 1.55. The number of nitrogens with zero attached hydrogens (tertiary/aromatic N) is 2. The Labute approximate surface area is 181 Å². The van der Waals surface area contributed by atoms with E-state index in [4.69, 9.17) is 4.42 Å². The monoisotopic (exact) mass is 442 g/mol. The highest BCUT2D eigenvalue weighted by Gasteiger charge is 2.20. The molecule has 3 amide bonds. The van der Waals surface area contributed by atoms with Crippen LogP contribution in [-0.4, -0.2) is 29.3 Å². The van der Waals surface area contributed by atoms with Crippen LogP contribution in [0.2, 0.25) is 0 Å². The summed E-state index contributed by atoms with van der Waals surface area (Å²) in [5.41, 5.74) is 0.512. The molecule has 0 aliphatic rings. The molecule has 10 heteroatoms. The van der Waals surface area contributed by atoms with Crippen LogP contribution in [0.3, 0.4) is 0 Å². The number of anilines is 2. The molecule has 1 aromatic carbocycles. The van der Waals surface area contributed by atoms with E-state index < -0.39 is 17.6 Å². The highest BCUT2D eigenvalue weighted by molar-refractivity contribution is 7.14. The van der Waals surface area contributed by atoms with Crippen molar-refractivity contribution >= 4 is 46.0 Å².